The number of hydrogen-bond donors (Lipinski definition) is 2. The molecule has 0 bridgehead atoms. The summed E-state index contributed by atoms with van der Waals surface area (Å²) in [5, 5.41) is 17.6. The second kappa shape index (κ2) is 3.99. The highest BCUT2D eigenvalue weighted by atomic mass is 32.2. The molecule has 2 N–H and O–H groups in total. The van der Waals surface area contributed by atoms with Gasteiger partial charge in [0.2, 0.25) is 0 Å². The van der Waals surface area contributed by atoms with Crippen LogP contribution in [-0.4, -0.2) is 31.8 Å². The Hall–Kier alpha value is -1.05. The molecule has 1 aromatic rings. The van der Waals surface area contributed by atoms with Crippen LogP contribution in [0.25, 0.3) is 0 Å². The van der Waals surface area contributed by atoms with Crippen LogP contribution in [0.15, 0.2) is 24.3 Å². The lowest BCUT2D eigenvalue weighted by molar-refractivity contribution is 0.425. The van der Waals surface area contributed by atoms with Crippen molar-refractivity contribution in [2.24, 2.45) is 0 Å². The molecule has 0 aromatic heterocycles. The van der Waals surface area contributed by atoms with E-state index in [2.05, 4.69) is 4.18 Å². The molecule has 1 rings (SSSR count). The SMILES string of the molecule is CS(=O)(=O)Oc1cccc(B(O)O)c1. The zero-order valence-corrected chi connectivity index (χ0v) is 8.23. The van der Waals surface area contributed by atoms with Gasteiger partial charge >= 0.3 is 17.2 Å². The van der Waals surface area contributed by atoms with Gasteiger partial charge in [0, 0.05) is 0 Å². The highest BCUT2D eigenvalue weighted by Crippen LogP contribution is 2.09. The molecule has 0 saturated carbocycles. The molecule has 0 aliphatic rings. The molecule has 0 unspecified atom stereocenters. The van der Waals surface area contributed by atoms with E-state index in [1.54, 1.807) is 0 Å². The topological polar surface area (TPSA) is 83.8 Å². The first-order valence-corrected chi connectivity index (χ1v) is 5.56. The highest BCUT2D eigenvalue weighted by molar-refractivity contribution is 7.86. The molecular formula is C7H9BO5S. The lowest BCUT2D eigenvalue weighted by Gasteiger charge is -2.04. The molecule has 0 spiro atoms. The standard InChI is InChI=1S/C7H9BO5S/c1-14(11,12)13-7-4-2-3-6(5-7)8(9)10/h2-5,9-10H,1H3. The fourth-order valence-electron chi connectivity index (χ4n) is 0.902. The van der Waals surface area contributed by atoms with Gasteiger partial charge in [-0.3, -0.25) is 0 Å². The van der Waals surface area contributed by atoms with E-state index in [-0.39, 0.29) is 11.2 Å². The Morgan fingerprint density at radius 1 is 1.36 bits per heavy atom. The molecule has 0 amide bonds. The maximum atomic E-state index is 10.7. The summed E-state index contributed by atoms with van der Waals surface area (Å²) < 4.78 is 26.0. The highest BCUT2D eigenvalue weighted by Gasteiger charge is 2.12. The Balaban J connectivity index is 2.95. The summed E-state index contributed by atoms with van der Waals surface area (Å²) in [6.07, 6.45) is 0.912. The lowest BCUT2D eigenvalue weighted by atomic mass is 9.80. The van der Waals surface area contributed by atoms with E-state index in [0.29, 0.717) is 0 Å². The minimum absolute atomic E-state index is 0.0538. The maximum absolute atomic E-state index is 10.7. The van der Waals surface area contributed by atoms with Crippen molar-refractivity contribution in [1.29, 1.82) is 0 Å². The van der Waals surface area contributed by atoms with Gasteiger partial charge in [-0.1, -0.05) is 12.1 Å². The van der Waals surface area contributed by atoms with Crippen molar-refractivity contribution in [1.82, 2.24) is 0 Å². The third-order valence-electron chi connectivity index (χ3n) is 1.40. The molecular weight excluding hydrogens is 207 g/mol. The van der Waals surface area contributed by atoms with Crippen LogP contribution in [-0.2, 0) is 10.1 Å². The van der Waals surface area contributed by atoms with Gasteiger partial charge in [0.25, 0.3) is 0 Å². The average Bonchev–Trinajstić information content (AvgIpc) is 2.01. The quantitative estimate of drug-likeness (QED) is 0.484. The summed E-state index contributed by atoms with van der Waals surface area (Å²) in [4.78, 5) is 0. The predicted octanol–water partition coefficient (Wildman–Crippen LogP) is -1.30. The second-order valence-corrected chi connectivity index (χ2v) is 4.31. The molecule has 76 valence electrons. The molecule has 0 aliphatic carbocycles. The summed E-state index contributed by atoms with van der Waals surface area (Å²) in [6.45, 7) is 0. The Kier molecular flexibility index (Phi) is 3.15. The molecule has 0 heterocycles. The van der Waals surface area contributed by atoms with Gasteiger partial charge in [-0.25, -0.2) is 0 Å². The van der Waals surface area contributed by atoms with Crippen LogP contribution in [0, 0.1) is 0 Å². The zero-order chi connectivity index (χ0) is 10.8. The van der Waals surface area contributed by atoms with Gasteiger partial charge in [0.15, 0.2) is 0 Å². The van der Waals surface area contributed by atoms with E-state index in [1.807, 2.05) is 0 Å². The van der Waals surface area contributed by atoms with Crippen molar-refractivity contribution in [3.8, 4) is 5.75 Å². The second-order valence-electron chi connectivity index (χ2n) is 2.73. The third kappa shape index (κ3) is 3.37. The van der Waals surface area contributed by atoms with Crippen molar-refractivity contribution in [2.75, 3.05) is 6.26 Å². The Morgan fingerprint density at radius 2 is 2.00 bits per heavy atom. The fourth-order valence-corrected chi connectivity index (χ4v) is 1.36. The van der Waals surface area contributed by atoms with Crippen LogP contribution < -0.4 is 9.65 Å². The van der Waals surface area contributed by atoms with Crippen LogP contribution in [0.2, 0.25) is 0 Å². The first kappa shape index (κ1) is 11.0. The van der Waals surface area contributed by atoms with Crippen molar-refractivity contribution in [3.05, 3.63) is 24.3 Å². The van der Waals surface area contributed by atoms with Gasteiger partial charge in [-0.2, -0.15) is 8.42 Å². The normalized spacial score (nSPS) is 11.1. The summed E-state index contributed by atoms with van der Waals surface area (Å²) in [5.74, 6) is 0.0538. The number of rotatable bonds is 3. The lowest BCUT2D eigenvalue weighted by Crippen LogP contribution is -2.29. The summed E-state index contributed by atoms with van der Waals surface area (Å²) in [6, 6.07) is 5.56. The van der Waals surface area contributed by atoms with Crippen LogP contribution in [0.1, 0.15) is 0 Å². The Bertz CT molecular complexity index is 414. The van der Waals surface area contributed by atoms with Crippen LogP contribution >= 0.6 is 0 Å². The molecule has 0 radical (unpaired) electrons. The minimum atomic E-state index is -3.58. The van der Waals surface area contributed by atoms with Crippen LogP contribution in [0.5, 0.6) is 5.75 Å². The van der Waals surface area contributed by atoms with Gasteiger partial charge in [0.05, 0.1) is 6.26 Å². The zero-order valence-electron chi connectivity index (χ0n) is 7.41. The van der Waals surface area contributed by atoms with E-state index < -0.39 is 17.2 Å². The maximum Gasteiger partial charge on any atom is 0.488 e. The molecule has 0 atom stereocenters. The van der Waals surface area contributed by atoms with E-state index in [9.17, 15) is 8.42 Å². The van der Waals surface area contributed by atoms with Gasteiger partial charge in [-0.05, 0) is 17.6 Å². The van der Waals surface area contributed by atoms with Gasteiger partial charge in [-0.15, -0.1) is 0 Å². The van der Waals surface area contributed by atoms with E-state index >= 15 is 0 Å². The minimum Gasteiger partial charge on any atom is -0.423 e. The molecule has 0 fully saturated rings. The monoisotopic (exact) mass is 216 g/mol. The first-order chi connectivity index (χ1) is 6.38. The largest absolute Gasteiger partial charge is 0.488 e. The number of benzene rings is 1. The van der Waals surface area contributed by atoms with E-state index in [0.717, 1.165) is 6.26 Å². The summed E-state index contributed by atoms with van der Waals surface area (Å²) in [5.41, 5.74) is 0.172. The summed E-state index contributed by atoms with van der Waals surface area (Å²) in [7, 11) is -5.22. The van der Waals surface area contributed by atoms with Crippen molar-refractivity contribution in [3.63, 3.8) is 0 Å². The van der Waals surface area contributed by atoms with Gasteiger partial charge < -0.3 is 14.2 Å². The molecule has 14 heavy (non-hydrogen) atoms. The van der Waals surface area contributed by atoms with Crippen molar-refractivity contribution < 1.29 is 22.6 Å². The molecule has 5 nitrogen and oxygen atoms in total. The predicted molar refractivity (Wildman–Crippen MR) is 51.7 cm³/mol. The van der Waals surface area contributed by atoms with E-state index in [1.165, 1.54) is 24.3 Å². The van der Waals surface area contributed by atoms with Gasteiger partial charge in [0.1, 0.15) is 5.75 Å². The Morgan fingerprint density at radius 3 is 2.50 bits per heavy atom. The molecule has 0 aliphatic heterocycles. The Labute approximate surface area is 82.2 Å². The smallest absolute Gasteiger partial charge is 0.423 e. The van der Waals surface area contributed by atoms with Crippen LogP contribution in [0.3, 0.4) is 0 Å². The summed E-state index contributed by atoms with van der Waals surface area (Å²) >= 11 is 0. The first-order valence-electron chi connectivity index (χ1n) is 3.74. The van der Waals surface area contributed by atoms with Crippen molar-refractivity contribution >= 4 is 22.7 Å². The number of hydrogen-bond acceptors (Lipinski definition) is 5. The van der Waals surface area contributed by atoms with E-state index in [4.69, 9.17) is 10.0 Å². The van der Waals surface area contributed by atoms with Crippen LogP contribution in [0.4, 0.5) is 0 Å². The average molecular weight is 216 g/mol. The third-order valence-corrected chi connectivity index (χ3v) is 1.90. The molecule has 0 saturated heterocycles. The molecule has 7 heteroatoms. The molecule has 1 aromatic carbocycles. The van der Waals surface area contributed by atoms with Crippen molar-refractivity contribution in [2.45, 2.75) is 0 Å². The fraction of sp³-hybridized carbons (Fsp3) is 0.143.